The highest BCUT2D eigenvalue weighted by molar-refractivity contribution is 6.09. The summed E-state index contributed by atoms with van der Waals surface area (Å²) in [6.45, 7) is 4.13. The molecule has 154 valence electrons. The molecule has 1 saturated heterocycles. The Hall–Kier alpha value is -3.11. The third-order valence-electron chi connectivity index (χ3n) is 5.29. The van der Waals surface area contributed by atoms with Gasteiger partial charge in [-0.05, 0) is 62.3 Å². The molecule has 1 aliphatic rings. The minimum Gasteiger partial charge on any atom is -0.492 e. The summed E-state index contributed by atoms with van der Waals surface area (Å²) in [7, 11) is 0. The normalized spacial score (nSPS) is 15.0. The van der Waals surface area contributed by atoms with E-state index < -0.39 is 0 Å². The van der Waals surface area contributed by atoms with Crippen LogP contribution in [-0.4, -0.2) is 37.0 Å². The van der Waals surface area contributed by atoms with Crippen molar-refractivity contribution < 1.29 is 4.74 Å². The summed E-state index contributed by atoms with van der Waals surface area (Å²) in [5.41, 5.74) is 2.95. The fourth-order valence-corrected chi connectivity index (χ4v) is 3.64. The van der Waals surface area contributed by atoms with Gasteiger partial charge in [-0.1, -0.05) is 55.0 Å². The molecule has 1 aliphatic heterocycles. The van der Waals surface area contributed by atoms with E-state index >= 15 is 0 Å². The summed E-state index contributed by atoms with van der Waals surface area (Å²) in [6.07, 6.45) is 3.99. The Bertz CT molecular complexity index is 918. The van der Waals surface area contributed by atoms with Gasteiger partial charge < -0.3 is 10.1 Å². The van der Waals surface area contributed by atoms with Crippen molar-refractivity contribution in [3.05, 3.63) is 90.5 Å². The van der Waals surface area contributed by atoms with Crippen molar-refractivity contribution in [1.82, 2.24) is 4.90 Å². The Morgan fingerprint density at radius 2 is 1.47 bits per heavy atom. The van der Waals surface area contributed by atoms with E-state index in [4.69, 9.17) is 9.73 Å². The van der Waals surface area contributed by atoms with Gasteiger partial charge in [0.05, 0.1) is 5.69 Å². The lowest BCUT2D eigenvalue weighted by Crippen LogP contribution is -2.33. The summed E-state index contributed by atoms with van der Waals surface area (Å²) in [5.74, 6) is 1.71. The van der Waals surface area contributed by atoms with E-state index in [1.807, 2.05) is 72.8 Å². The van der Waals surface area contributed by atoms with Gasteiger partial charge in [0.25, 0.3) is 0 Å². The number of ether oxygens (including phenoxy) is 1. The summed E-state index contributed by atoms with van der Waals surface area (Å²) >= 11 is 0. The zero-order chi connectivity index (χ0) is 20.4. The second-order valence-electron chi connectivity index (χ2n) is 7.56. The summed E-state index contributed by atoms with van der Waals surface area (Å²) < 4.78 is 5.94. The lowest BCUT2D eigenvalue weighted by molar-refractivity contribution is 0.183. The summed E-state index contributed by atoms with van der Waals surface area (Å²) in [5, 5.41) is 3.44. The third kappa shape index (κ3) is 5.94. The SMILES string of the molecule is c1ccc(NC(=Nc2ccc(OCCN3CCCCC3)cc2)c2ccccc2)cc1. The molecule has 3 aromatic carbocycles. The second kappa shape index (κ2) is 10.6. The minimum atomic E-state index is 0.730. The molecule has 1 heterocycles. The molecule has 0 atom stereocenters. The predicted octanol–water partition coefficient (Wildman–Crippen LogP) is 5.74. The van der Waals surface area contributed by atoms with Crippen LogP contribution in [0.5, 0.6) is 5.75 Å². The van der Waals surface area contributed by atoms with E-state index in [9.17, 15) is 0 Å². The Morgan fingerprint density at radius 3 is 2.17 bits per heavy atom. The molecule has 1 N–H and O–H groups in total. The molecule has 0 radical (unpaired) electrons. The van der Waals surface area contributed by atoms with Crippen molar-refractivity contribution in [2.75, 3.05) is 31.6 Å². The number of hydrogen-bond donors (Lipinski definition) is 1. The van der Waals surface area contributed by atoms with E-state index in [-0.39, 0.29) is 0 Å². The Balaban J connectivity index is 1.42. The van der Waals surface area contributed by atoms with Gasteiger partial charge >= 0.3 is 0 Å². The van der Waals surface area contributed by atoms with Crippen LogP contribution in [0, 0.1) is 0 Å². The number of anilines is 1. The van der Waals surface area contributed by atoms with E-state index in [2.05, 4.69) is 22.3 Å². The molecular formula is C26H29N3O. The zero-order valence-electron chi connectivity index (χ0n) is 17.3. The number of nitrogens with zero attached hydrogens (tertiary/aromatic N) is 2. The van der Waals surface area contributed by atoms with Crippen LogP contribution in [0.15, 0.2) is 89.9 Å². The molecule has 30 heavy (non-hydrogen) atoms. The van der Waals surface area contributed by atoms with Crippen molar-refractivity contribution in [1.29, 1.82) is 0 Å². The molecule has 0 aromatic heterocycles. The standard InChI is InChI=1S/C26H29N3O/c1-4-10-22(11-5-1)26(27-23-12-6-2-7-13-23)28-24-14-16-25(17-15-24)30-21-20-29-18-8-3-9-19-29/h1-2,4-7,10-17H,3,8-9,18-21H2,(H,27,28). The predicted molar refractivity (Wildman–Crippen MR) is 125 cm³/mol. The van der Waals surface area contributed by atoms with E-state index in [1.165, 1.54) is 32.4 Å². The third-order valence-corrected chi connectivity index (χ3v) is 5.29. The number of aliphatic imine (C=N–C) groups is 1. The first-order valence-corrected chi connectivity index (χ1v) is 10.8. The van der Waals surface area contributed by atoms with Crippen molar-refractivity contribution in [3.8, 4) is 5.75 Å². The molecule has 0 saturated carbocycles. The van der Waals surface area contributed by atoms with E-state index in [0.717, 1.165) is 41.7 Å². The van der Waals surface area contributed by atoms with Crippen molar-refractivity contribution >= 4 is 17.2 Å². The minimum absolute atomic E-state index is 0.730. The Morgan fingerprint density at radius 1 is 0.800 bits per heavy atom. The number of rotatable bonds is 7. The highest BCUT2D eigenvalue weighted by atomic mass is 16.5. The van der Waals surface area contributed by atoms with Crippen LogP contribution in [0.4, 0.5) is 11.4 Å². The highest BCUT2D eigenvalue weighted by Crippen LogP contribution is 2.20. The number of piperidine rings is 1. The van der Waals surface area contributed by atoms with Crippen LogP contribution in [0.25, 0.3) is 0 Å². The average Bonchev–Trinajstić information content (AvgIpc) is 2.82. The molecule has 0 amide bonds. The van der Waals surface area contributed by atoms with Gasteiger partial charge in [0.2, 0.25) is 0 Å². The van der Waals surface area contributed by atoms with Crippen LogP contribution < -0.4 is 10.1 Å². The number of benzene rings is 3. The molecule has 0 unspecified atom stereocenters. The lowest BCUT2D eigenvalue weighted by atomic mass is 10.1. The smallest absolute Gasteiger partial charge is 0.138 e. The van der Waals surface area contributed by atoms with Gasteiger partial charge in [-0.15, -0.1) is 0 Å². The molecule has 3 aromatic rings. The van der Waals surface area contributed by atoms with Gasteiger partial charge in [-0.3, -0.25) is 4.90 Å². The van der Waals surface area contributed by atoms with Crippen molar-refractivity contribution in [2.45, 2.75) is 19.3 Å². The van der Waals surface area contributed by atoms with Crippen LogP contribution in [0.2, 0.25) is 0 Å². The Labute approximate surface area is 179 Å². The molecule has 4 heteroatoms. The van der Waals surface area contributed by atoms with Gasteiger partial charge in [0.1, 0.15) is 18.2 Å². The van der Waals surface area contributed by atoms with Gasteiger partial charge in [-0.25, -0.2) is 4.99 Å². The molecule has 4 rings (SSSR count). The lowest BCUT2D eigenvalue weighted by Gasteiger charge is -2.26. The monoisotopic (exact) mass is 399 g/mol. The van der Waals surface area contributed by atoms with Gasteiger partial charge in [0, 0.05) is 17.8 Å². The van der Waals surface area contributed by atoms with Gasteiger partial charge in [0.15, 0.2) is 0 Å². The molecule has 0 spiro atoms. The molecule has 4 nitrogen and oxygen atoms in total. The van der Waals surface area contributed by atoms with Crippen LogP contribution in [0.3, 0.4) is 0 Å². The van der Waals surface area contributed by atoms with Crippen LogP contribution >= 0.6 is 0 Å². The fourth-order valence-electron chi connectivity index (χ4n) is 3.64. The first-order chi connectivity index (χ1) is 14.9. The number of nitrogens with one attached hydrogen (secondary N) is 1. The number of hydrogen-bond acceptors (Lipinski definition) is 3. The second-order valence-corrected chi connectivity index (χ2v) is 7.56. The first-order valence-electron chi connectivity index (χ1n) is 10.8. The van der Waals surface area contributed by atoms with E-state index in [1.54, 1.807) is 0 Å². The largest absolute Gasteiger partial charge is 0.492 e. The Kier molecular flexibility index (Phi) is 7.13. The summed E-state index contributed by atoms with van der Waals surface area (Å²) in [6, 6.07) is 28.3. The highest BCUT2D eigenvalue weighted by Gasteiger charge is 2.09. The van der Waals surface area contributed by atoms with Crippen molar-refractivity contribution in [3.63, 3.8) is 0 Å². The quantitative estimate of drug-likeness (QED) is 0.406. The molecule has 0 bridgehead atoms. The zero-order valence-corrected chi connectivity index (χ0v) is 17.3. The number of likely N-dealkylation sites (tertiary alicyclic amines) is 1. The fraction of sp³-hybridized carbons (Fsp3) is 0.269. The van der Waals surface area contributed by atoms with Crippen LogP contribution in [-0.2, 0) is 0 Å². The first kappa shape index (κ1) is 20.2. The number of amidine groups is 1. The van der Waals surface area contributed by atoms with Crippen molar-refractivity contribution in [2.24, 2.45) is 4.99 Å². The summed E-state index contributed by atoms with van der Waals surface area (Å²) in [4.78, 5) is 7.35. The van der Waals surface area contributed by atoms with Crippen LogP contribution in [0.1, 0.15) is 24.8 Å². The molecule has 0 aliphatic carbocycles. The number of para-hydroxylation sites is 1. The molecular weight excluding hydrogens is 370 g/mol. The topological polar surface area (TPSA) is 36.9 Å². The van der Waals surface area contributed by atoms with E-state index in [0.29, 0.717) is 0 Å². The average molecular weight is 400 g/mol. The molecule has 1 fully saturated rings. The maximum absolute atomic E-state index is 5.94. The maximum Gasteiger partial charge on any atom is 0.138 e. The van der Waals surface area contributed by atoms with Gasteiger partial charge in [-0.2, -0.15) is 0 Å². The maximum atomic E-state index is 5.94.